The Morgan fingerprint density at radius 1 is 1.38 bits per heavy atom. The molecule has 0 saturated carbocycles. The van der Waals surface area contributed by atoms with E-state index in [4.69, 9.17) is 5.11 Å². The first-order valence-corrected chi connectivity index (χ1v) is 7.53. The van der Waals surface area contributed by atoms with Crippen LogP contribution in [-0.4, -0.2) is 33.9 Å². The van der Waals surface area contributed by atoms with Crippen LogP contribution in [0, 0.1) is 5.92 Å². The molecule has 0 aromatic carbocycles. The fourth-order valence-electron chi connectivity index (χ4n) is 1.46. The number of hydrogen-bond donors (Lipinski definition) is 3. The van der Waals surface area contributed by atoms with Gasteiger partial charge in [0.25, 0.3) is 5.91 Å². The van der Waals surface area contributed by atoms with Gasteiger partial charge in [-0.1, -0.05) is 27.2 Å². The Kier molecular flexibility index (Phi) is 6.29. The molecule has 8 heteroatoms. The van der Waals surface area contributed by atoms with E-state index in [0.29, 0.717) is 18.0 Å². The molecule has 0 spiro atoms. The van der Waals surface area contributed by atoms with Crippen molar-refractivity contribution in [2.45, 2.75) is 39.7 Å². The summed E-state index contributed by atoms with van der Waals surface area (Å²) in [6.07, 6.45) is 0.992. The summed E-state index contributed by atoms with van der Waals surface area (Å²) in [4.78, 5) is 38.4. The lowest BCUT2D eigenvalue weighted by molar-refractivity contribution is -0.139. The molecule has 1 heterocycles. The summed E-state index contributed by atoms with van der Waals surface area (Å²) in [5.41, 5.74) is 0.0985. The number of carbonyl (C=O) groups excluding carboxylic acids is 2. The van der Waals surface area contributed by atoms with Crippen molar-refractivity contribution in [2.75, 3.05) is 5.32 Å². The summed E-state index contributed by atoms with van der Waals surface area (Å²) in [6, 6.07) is -0.932. The van der Waals surface area contributed by atoms with Gasteiger partial charge in [0, 0.05) is 11.3 Å². The number of carboxylic acid groups (broad SMARTS) is 1. The maximum Gasteiger partial charge on any atom is 0.326 e. The lowest BCUT2D eigenvalue weighted by Gasteiger charge is -2.12. The summed E-state index contributed by atoms with van der Waals surface area (Å²) in [5, 5.41) is 15.8. The quantitative estimate of drug-likeness (QED) is 0.710. The molecule has 0 fully saturated rings. The summed E-state index contributed by atoms with van der Waals surface area (Å²) in [5.74, 6) is -2.01. The van der Waals surface area contributed by atoms with Gasteiger partial charge in [-0.25, -0.2) is 9.78 Å². The molecule has 116 valence electrons. The number of nitrogens with one attached hydrogen (secondary N) is 2. The molecular formula is C13H19N3O4S. The number of thiazole rings is 1. The Morgan fingerprint density at radius 3 is 2.57 bits per heavy atom. The Bertz CT molecular complexity index is 527. The molecule has 1 aromatic heterocycles. The van der Waals surface area contributed by atoms with Gasteiger partial charge in [-0.05, 0) is 6.42 Å². The highest BCUT2D eigenvalue weighted by molar-refractivity contribution is 7.14. The van der Waals surface area contributed by atoms with Crippen LogP contribution in [0.4, 0.5) is 5.13 Å². The number of anilines is 1. The van der Waals surface area contributed by atoms with Crippen LogP contribution < -0.4 is 10.6 Å². The summed E-state index contributed by atoms with van der Waals surface area (Å²) >= 11 is 1.12. The summed E-state index contributed by atoms with van der Waals surface area (Å²) < 4.78 is 0. The standard InChI is InChI=1S/C13H19N3O4S/c1-4-5-8(12(19)20)14-11(18)9-6-21-13(15-9)16-10(17)7(2)3/h6-8H,4-5H2,1-3H3,(H,14,18)(H,19,20)(H,15,16,17). The smallest absolute Gasteiger partial charge is 0.326 e. The zero-order chi connectivity index (χ0) is 16.0. The minimum Gasteiger partial charge on any atom is -0.480 e. The van der Waals surface area contributed by atoms with Crippen molar-refractivity contribution in [2.24, 2.45) is 5.92 Å². The second-order valence-corrected chi connectivity index (χ2v) is 5.69. The van der Waals surface area contributed by atoms with Crippen LogP contribution in [0.3, 0.4) is 0 Å². The first-order valence-electron chi connectivity index (χ1n) is 6.65. The van der Waals surface area contributed by atoms with Gasteiger partial charge in [0.15, 0.2) is 5.13 Å². The van der Waals surface area contributed by atoms with E-state index in [0.717, 1.165) is 11.3 Å². The predicted octanol–water partition coefficient (Wildman–Crippen LogP) is 1.72. The number of nitrogens with zero attached hydrogens (tertiary/aromatic N) is 1. The number of rotatable bonds is 7. The fourth-order valence-corrected chi connectivity index (χ4v) is 2.16. The van der Waals surface area contributed by atoms with Crippen molar-refractivity contribution in [3.8, 4) is 0 Å². The highest BCUT2D eigenvalue weighted by Gasteiger charge is 2.21. The van der Waals surface area contributed by atoms with Crippen molar-refractivity contribution >= 4 is 34.3 Å². The SMILES string of the molecule is CCCC(NC(=O)c1csc(NC(=O)C(C)C)n1)C(=O)O. The molecular weight excluding hydrogens is 294 g/mol. The Balaban J connectivity index is 2.69. The lowest BCUT2D eigenvalue weighted by Crippen LogP contribution is -2.40. The second kappa shape index (κ2) is 7.72. The molecule has 0 radical (unpaired) electrons. The number of amides is 2. The lowest BCUT2D eigenvalue weighted by atomic mass is 10.1. The third-order valence-electron chi connectivity index (χ3n) is 2.67. The second-order valence-electron chi connectivity index (χ2n) is 4.83. The third-order valence-corrected chi connectivity index (χ3v) is 3.43. The molecule has 2 amide bonds. The van der Waals surface area contributed by atoms with Gasteiger partial charge < -0.3 is 15.7 Å². The molecule has 21 heavy (non-hydrogen) atoms. The van der Waals surface area contributed by atoms with Crippen molar-refractivity contribution in [1.82, 2.24) is 10.3 Å². The monoisotopic (exact) mass is 313 g/mol. The first-order chi connectivity index (χ1) is 9.85. The van der Waals surface area contributed by atoms with Gasteiger partial charge in [0.1, 0.15) is 11.7 Å². The maximum atomic E-state index is 11.9. The van der Waals surface area contributed by atoms with Crippen LogP contribution in [0.5, 0.6) is 0 Å². The zero-order valence-corrected chi connectivity index (χ0v) is 13.0. The Morgan fingerprint density at radius 2 is 2.05 bits per heavy atom. The van der Waals surface area contributed by atoms with E-state index < -0.39 is 17.9 Å². The number of carbonyl (C=O) groups is 3. The summed E-state index contributed by atoms with van der Waals surface area (Å²) in [6.45, 7) is 5.34. The largest absolute Gasteiger partial charge is 0.480 e. The normalized spacial score (nSPS) is 12.0. The minimum absolute atomic E-state index is 0.0985. The van der Waals surface area contributed by atoms with Crippen LogP contribution in [-0.2, 0) is 9.59 Å². The van der Waals surface area contributed by atoms with Gasteiger partial charge in [-0.3, -0.25) is 9.59 Å². The molecule has 1 unspecified atom stereocenters. The first kappa shape index (κ1) is 17.1. The average molecular weight is 313 g/mol. The van der Waals surface area contributed by atoms with Crippen LogP contribution in [0.25, 0.3) is 0 Å². The number of aliphatic carboxylic acids is 1. The molecule has 1 atom stereocenters. The third kappa shape index (κ3) is 5.14. The van der Waals surface area contributed by atoms with Crippen molar-refractivity contribution < 1.29 is 19.5 Å². The maximum absolute atomic E-state index is 11.9. The molecule has 7 nitrogen and oxygen atoms in total. The van der Waals surface area contributed by atoms with E-state index in [1.807, 2.05) is 6.92 Å². The van der Waals surface area contributed by atoms with E-state index in [1.165, 1.54) is 5.38 Å². The van der Waals surface area contributed by atoms with E-state index in [-0.39, 0.29) is 17.5 Å². The molecule has 0 bridgehead atoms. The van der Waals surface area contributed by atoms with E-state index in [1.54, 1.807) is 13.8 Å². The number of hydrogen-bond acceptors (Lipinski definition) is 5. The fraction of sp³-hybridized carbons (Fsp3) is 0.538. The van der Waals surface area contributed by atoms with Crippen molar-refractivity contribution in [1.29, 1.82) is 0 Å². The van der Waals surface area contributed by atoms with Gasteiger partial charge in [-0.15, -0.1) is 11.3 Å². The number of carboxylic acids is 1. The highest BCUT2D eigenvalue weighted by Crippen LogP contribution is 2.16. The summed E-state index contributed by atoms with van der Waals surface area (Å²) in [7, 11) is 0. The van der Waals surface area contributed by atoms with Crippen LogP contribution in [0.2, 0.25) is 0 Å². The van der Waals surface area contributed by atoms with E-state index in [9.17, 15) is 14.4 Å². The van der Waals surface area contributed by atoms with Crippen LogP contribution in [0.1, 0.15) is 44.1 Å². The highest BCUT2D eigenvalue weighted by atomic mass is 32.1. The Labute approximate surface area is 126 Å². The zero-order valence-electron chi connectivity index (χ0n) is 12.2. The van der Waals surface area contributed by atoms with E-state index in [2.05, 4.69) is 15.6 Å². The van der Waals surface area contributed by atoms with Gasteiger partial charge in [-0.2, -0.15) is 0 Å². The molecule has 0 aliphatic heterocycles. The van der Waals surface area contributed by atoms with Crippen LogP contribution >= 0.6 is 11.3 Å². The molecule has 0 saturated heterocycles. The molecule has 0 aliphatic rings. The topological polar surface area (TPSA) is 108 Å². The Hall–Kier alpha value is -1.96. The molecule has 1 rings (SSSR count). The van der Waals surface area contributed by atoms with Gasteiger partial charge in [0.05, 0.1) is 0 Å². The van der Waals surface area contributed by atoms with Crippen molar-refractivity contribution in [3.05, 3.63) is 11.1 Å². The minimum atomic E-state index is -1.08. The molecule has 3 N–H and O–H groups in total. The predicted molar refractivity (Wildman–Crippen MR) is 79.4 cm³/mol. The van der Waals surface area contributed by atoms with Gasteiger partial charge in [0.2, 0.25) is 5.91 Å². The number of aromatic nitrogens is 1. The average Bonchev–Trinajstić information content (AvgIpc) is 2.86. The molecule has 1 aromatic rings. The van der Waals surface area contributed by atoms with E-state index >= 15 is 0 Å². The van der Waals surface area contributed by atoms with Crippen LogP contribution in [0.15, 0.2) is 5.38 Å². The molecule has 0 aliphatic carbocycles. The van der Waals surface area contributed by atoms with Crippen molar-refractivity contribution in [3.63, 3.8) is 0 Å². The van der Waals surface area contributed by atoms with Gasteiger partial charge >= 0.3 is 5.97 Å².